The van der Waals surface area contributed by atoms with Crippen molar-refractivity contribution in [3.05, 3.63) is 0 Å². The van der Waals surface area contributed by atoms with Gasteiger partial charge in [0.2, 0.25) is 0 Å². The largest absolute Gasteiger partial charge is 0.472 e. The van der Waals surface area contributed by atoms with Crippen LogP contribution in [0.25, 0.3) is 0 Å². The summed E-state index contributed by atoms with van der Waals surface area (Å²) in [4.78, 5) is 72.6. The molecule has 0 bridgehead atoms. The molecular formula is C73H142O17P2. The van der Waals surface area contributed by atoms with Crippen LogP contribution in [0.15, 0.2) is 0 Å². The predicted molar refractivity (Wildman–Crippen MR) is 372 cm³/mol. The Bertz CT molecular complexity index is 1790. The van der Waals surface area contributed by atoms with Gasteiger partial charge in [-0.1, -0.05) is 324 Å². The number of aliphatic hydroxyl groups excluding tert-OH is 1. The summed E-state index contributed by atoms with van der Waals surface area (Å²) in [6, 6.07) is 0. The molecule has 2 unspecified atom stereocenters. The number of unbranched alkanes of at least 4 members (excludes halogenated alkanes) is 42. The first-order valence-corrected chi connectivity index (χ1v) is 41.0. The Morgan fingerprint density at radius 3 is 0.739 bits per heavy atom. The van der Waals surface area contributed by atoms with Crippen LogP contribution in [0.5, 0.6) is 0 Å². The number of carbonyl (C=O) groups is 4. The Labute approximate surface area is 562 Å². The number of esters is 4. The van der Waals surface area contributed by atoms with Crippen LogP contribution in [0.3, 0.4) is 0 Å². The van der Waals surface area contributed by atoms with E-state index in [0.29, 0.717) is 25.7 Å². The molecule has 0 rings (SSSR count). The lowest BCUT2D eigenvalue weighted by atomic mass is 10.0. The number of rotatable bonds is 72. The highest BCUT2D eigenvalue weighted by atomic mass is 31.2. The molecule has 0 radical (unpaired) electrons. The third-order valence-corrected chi connectivity index (χ3v) is 18.9. The van der Waals surface area contributed by atoms with E-state index in [0.717, 1.165) is 108 Å². The average molecular weight is 1350 g/mol. The number of phosphoric ester groups is 2. The second-order valence-corrected chi connectivity index (χ2v) is 30.2. The minimum Gasteiger partial charge on any atom is -0.462 e. The number of hydrogen-bond donors (Lipinski definition) is 3. The van der Waals surface area contributed by atoms with E-state index in [1.54, 1.807) is 0 Å². The van der Waals surface area contributed by atoms with Gasteiger partial charge in [-0.2, -0.15) is 0 Å². The van der Waals surface area contributed by atoms with Gasteiger partial charge in [-0.25, -0.2) is 9.13 Å². The zero-order valence-corrected chi connectivity index (χ0v) is 61.6. The van der Waals surface area contributed by atoms with Crippen molar-refractivity contribution in [1.29, 1.82) is 0 Å². The second-order valence-electron chi connectivity index (χ2n) is 27.3. The molecule has 0 fully saturated rings. The van der Waals surface area contributed by atoms with Crippen LogP contribution in [0, 0.1) is 11.8 Å². The Kier molecular flexibility index (Phi) is 63.7. The molecule has 546 valence electrons. The number of aliphatic hydroxyl groups is 1. The van der Waals surface area contributed by atoms with Crippen LogP contribution in [-0.2, 0) is 65.4 Å². The average Bonchev–Trinajstić information content (AvgIpc) is 3.61. The third-order valence-electron chi connectivity index (χ3n) is 17.0. The molecule has 3 N–H and O–H groups in total. The second kappa shape index (κ2) is 65.0. The molecule has 5 atom stereocenters. The van der Waals surface area contributed by atoms with E-state index in [1.807, 2.05) is 0 Å². The Morgan fingerprint density at radius 2 is 0.500 bits per heavy atom. The van der Waals surface area contributed by atoms with Gasteiger partial charge < -0.3 is 33.8 Å². The van der Waals surface area contributed by atoms with Crippen LogP contribution in [0.4, 0.5) is 0 Å². The Balaban J connectivity index is 5.22. The maximum atomic E-state index is 13.1. The predicted octanol–water partition coefficient (Wildman–Crippen LogP) is 21.2. The molecule has 92 heavy (non-hydrogen) atoms. The minimum absolute atomic E-state index is 0.107. The summed E-state index contributed by atoms with van der Waals surface area (Å²) < 4.78 is 68.3. The lowest BCUT2D eigenvalue weighted by Gasteiger charge is -2.21. The summed E-state index contributed by atoms with van der Waals surface area (Å²) in [7, 11) is -9.90. The van der Waals surface area contributed by atoms with E-state index in [9.17, 15) is 43.2 Å². The van der Waals surface area contributed by atoms with Gasteiger partial charge in [-0.3, -0.25) is 37.3 Å². The quantitative estimate of drug-likeness (QED) is 0.0222. The molecule has 0 aromatic heterocycles. The topological polar surface area (TPSA) is 237 Å². The number of hydrogen-bond acceptors (Lipinski definition) is 15. The highest BCUT2D eigenvalue weighted by Crippen LogP contribution is 2.45. The van der Waals surface area contributed by atoms with Gasteiger partial charge in [0.05, 0.1) is 26.4 Å². The molecule has 17 nitrogen and oxygen atoms in total. The molecule has 0 saturated heterocycles. The molecule has 0 aromatic rings. The molecule has 0 saturated carbocycles. The van der Waals surface area contributed by atoms with Crippen LogP contribution in [-0.4, -0.2) is 96.7 Å². The van der Waals surface area contributed by atoms with Crippen molar-refractivity contribution in [2.24, 2.45) is 11.8 Å². The molecule has 0 aliphatic carbocycles. The summed E-state index contributed by atoms with van der Waals surface area (Å²) >= 11 is 0. The molecule has 19 heteroatoms. The first-order valence-electron chi connectivity index (χ1n) is 38.0. The van der Waals surface area contributed by atoms with Crippen molar-refractivity contribution in [2.45, 2.75) is 394 Å². The number of carbonyl (C=O) groups excluding carboxylic acids is 4. The summed E-state index contributed by atoms with van der Waals surface area (Å²) in [6.45, 7) is 9.58. The van der Waals surface area contributed by atoms with Gasteiger partial charge >= 0.3 is 39.5 Å². The zero-order chi connectivity index (χ0) is 67.9. The summed E-state index contributed by atoms with van der Waals surface area (Å²) in [6.07, 6.45) is 51.3. The van der Waals surface area contributed by atoms with Gasteiger partial charge in [0.15, 0.2) is 12.2 Å². The van der Waals surface area contributed by atoms with Gasteiger partial charge in [-0.05, 0) is 37.5 Å². The minimum atomic E-state index is -4.95. The number of ether oxygens (including phenoxy) is 4. The monoisotopic (exact) mass is 1350 g/mol. The van der Waals surface area contributed by atoms with E-state index in [-0.39, 0.29) is 25.7 Å². The summed E-state index contributed by atoms with van der Waals surface area (Å²) in [5, 5.41) is 10.6. The fourth-order valence-corrected chi connectivity index (χ4v) is 12.7. The lowest BCUT2D eigenvalue weighted by molar-refractivity contribution is -0.161. The third kappa shape index (κ3) is 66.7. The van der Waals surface area contributed by atoms with Crippen molar-refractivity contribution in [3.8, 4) is 0 Å². The van der Waals surface area contributed by atoms with Gasteiger partial charge in [-0.15, -0.1) is 0 Å². The lowest BCUT2D eigenvalue weighted by Crippen LogP contribution is -2.30. The van der Waals surface area contributed by atoms with E-state index in [4.69, 9.17) is 37.0 Å². The van der Waals surface area contributed by atoms with Crippen LogP contribution >= 0.6 is 15.6 Å². The van der Waals surface area contributed by atoms with Gasteiger partial charge in [0, 0.05) is 25.7 Å². The van der Waals surface area contributed by atoms with E-state index in [1.165, 1.54) is 186 Å². The summed E-state index contributed by atoms with van der Waals surface area (Å²) in [5.41, 5.74) is 0. The summed E-state index contributed by atoms with van der Waals surface area (Å²) in [5.74, 6) is -0.544. The highest BCUT2D eigenvalue weighted by Gasteiger charge is 2.30. The van der Waals surface area contributed by atoms with E-state index >= 15 is 0 Å². The number of phosphoric acid groups is 2. The van der Waals surface area contributed by atoms with Crippen molar-refractivity contribution in [1.82, 2.24) is 0 Å². The van der Waals surface area contributed by atoms with Crippen molar-refractivity contribution in [2.75, 3.05) is 39.6 Å². The Morgan fingerprint density at radius 1 is 0.293 bits per heavy atom. The van der Waals surface area contributed by atoms with Crippen molar-refractivity contribution >= 4 is 39.5 Å². The van der Waals surface area contributed by atoms with Crippen LogP contribution in [0.2, 0.25) is 0 Å². The molecule has 0 aliphatic rings. The van der Waals surface area contributed by atoms with Crippen LogP contribution in [0.1, 0.15) is 375 Å². The first-order chi connectivity index (χ1) is 44.4. The fourth-order valence-electron chi connectivity index (χ4n) is 11.1. The van der Waals surface area contributed by atoms with Gasteiger partial charge in [0.1, 0.15) is 19.3 Å². The highest BCUT2D eigenvalue weighted by molar-refractivity contribution is 7.47. The maximum absolute atomic E-state index is 13.1. The first kappa shape index (κ1) is 90.1. The molecule has 0 aliphatic heterocycles. The fraction of sp³-hybridized carbons (Fsp3) is 0.945. The molecule has 0 heterocycles. The van der Waals surface area contributed by atoms with Gasteiger partial charge in [0.25, 0.3) is 0 Å². The molecule has 0 aromatic carbocycles. The maximum Gasteiger partial charge on any atom is 0.472 e. The van der Waals surface area contributed by atoms with Crippen LogP contribution < -0.4 is 0 Å². The van der Waals surface area contributed by atoms with E-state index < -0.39 is 97.5 Å². The van der Waals surface area contributed by atoms with E-state index in [2.05, 4.69) is 41.5 Å². The standard InChI is InChI=1S/C73H142O17P2/c1-7-9-11-13-15-17-18-27-33-39-45-51-57-72(77)89-68(61-83-70(75)55-49-43-37-16-14-12-10-8-2)63-87-91(79,80)85-59-67(74)60-86-92(81,82)88-64-69(62-84-71(76)56-50-44-38-32-28-24-23-26-31-36-42-48-54-66(5)6)90-73(78)58-52-46-40-34-29-22-20-19-21-25-30-35-41-47-53-65(3)4/h65-69,74H,7-64H2,1-6H3,(H,79,80)(H,81,82)/t67-,68+,69+/m0/s1. The molecule has 0 amide bonds. The smallest absolute Gasteiger partial charge is 0.462 e. The Hall–Kier alpha value is -1.94. The SMILES string of the molecule is CCCCCCCCCCCCCCC(=O)O[C@H](COC(=O)CCCCCCCCCC)COP(=O)(O)OC[C@H](O)COP(=O)(O)OC[C@@H](COC(=O)CCCCCCCCCCCCCCC(C)C)OC(=O)CCCCCCCCCCCCCCCCC(C)C. The normalized spacial score (nSPS) is 14.1. The molecular weight excluding hydrogens is 1210 g/mol. The zero-order valence-electron chi connectivity index (χ0n) is 59.9. The van der Waals surface area contributed by atoms with Crippen molar-refractivity contribution in [3.63, 3.8) is 0 Å². The molecule has 0 spiro atoms. The van der Waals surface area contributed by atoms with Crippen molar-refractivity contribution < 1.29 is 80.2 Å².